The van der Waals surface area contributed by atoms with Crippen molar-refractivity contribution >= 4 is 39.6 Å². The van der Waals surface area contributed by atoms with Crippen molar-refractivity contribution in [1.29, 1.82) is 5.26 Å². The first-order valence-electron chi connectivity index (χ1n) is 9.68. The van der Waals surface area contributed by atoms with Gasteiger partial charge in [0.1, 0.15) is 6.07 Å². The summed E-state index contributed by atoms with van der Waals surface area (Å²) in [6.45, 7) is 1.75. The third-order valence-corrected chi connectivity index (χ3v) is 5.76. The van der Waals surface area contributed by atoms with Gasteiger partial charge in [-0.15, -0.1) is 0 Å². The first kappa shape index (κ1) is 18.6. The first-order valence-corrected chi connectivity index (χ1v) is 9.68. The van der Waals surface area contributed by atoms with Gasteiger partial charge in [-0.05, 0) is 42.8 Å². The highest BCUT2D eigenvalue weighted by atomic mass is 16.1. The summed E-state index contributed by atoms with van der Waals surface area (Å²) in [6.07, 6.45) is 1.61. The highest BCUT2D eigenvalue weighted by Gasteiger charge is 2.16. The maximum absolute atomic E-state index is 13.3. The molecule has 8 nitrogen and oxygen atoms in total. The van der Waals surface area contributed by atoms with Crippen LogP contribution in [0.3, 0.4) is 0 Å². The van der Waals surface area contributed by atoms with Gasteiger partial charge in [0.15, 0.2) is 5.65 Å². The van der Waals surface area contributed by atoms with Crippen LogP contribution in [-0.2, 0) is 14.1 Å². The van der Waals surface area contributed by atoms with Crippen molar-refractivity contribution in [3.8, 4) is 6.07 Å². The zero-order valence-corrected chi connectivity index (χ0v) is 17.2. The van der Waals surface area contributed by atoms with E-state index in [4.69, 9.17) is 0 Å². The van der Waals surface area contributed by atoms with Crippen molar-refractivity contribution in [2.75, 3.05) is 5.32 Å². The molecule has 3 heterocycles. The molecule has 31 heavy (non-hydrogen) atoms. The third kappa shape index (κ3) is 2.57. The number of aryl methyl sites for hydroxylation is 2. The van der Waals surface area contributed by atoms with E-state index in [1.54, 1.807) is 36.4 Å². The van der Waals surface area contributed by atoms with Crippen LogP contribution in [0.1, 0.15) is 11.1 Å². The molecule has 0 aliphatic heterocycles. The van der Waals surface area contributed by atoms with E-state index in [2.05, 4.69) is 16.4 Å². The summed E-state index contributed by atoms with van der Waals surface area (Å²) in [5.41, 5.74) is 4.58. The fourth-order valence-corrected chi connectivity index (χ4v) is 4.04. The number of pyridine rings is 1. The molecule has 152 valence electrons. The largest absolute Gasteiger partial charge is 0.361 e. The van der Waals surface area contributed by atoms with Crippen LogP contribution in [0, 0.1) is 18.3 Å². The summed E-state index contributed by atoms with van der Waals surface area (Å²) in [4.78, 5) is 30.0. The second kappa shape index (κ2) is 6.57. The van der Waals surface area contributed by atoms with Crippen LogP contribution in [0.25, 0.3) is 33.9 Å². The minimum absolute atomic E-state index is 0.107. The molecule has 2 aromatic carbocycles. The molecule has 0 aliphatic carbocycles. The second-order valence-electron chi connectivity index (χ2n) is 7.48. The summed E-state index contributed by atoms with van der Waals surface area (Å²) in [5.74, 6) is 0. The van der Waals surface area contributed by atoms with E-state index < -0.39 is 0 Å². The highest BCUT2D eigenvalue weighted by molar-refractivity contribution is 5.83. The number of rotatable bonds is 2. The Hall–Kier alpha value is -4.38. The summed E-state index contributed by atoms with van der Waals surface area (Å²) in [5, 5.41) is 13.3. The molecule has 5 aromatic rings. The number of hydrogen-bond donors (Lipinski definition) is 1. The van der Waals surface area contributed by atoms with E-state index in [1.165, 1.54) is 4.40 Å². The third-order valence-electron chi connectivity index (χ3n) is 5.76. The number of benzene rings is 2. The van der Waals surface area contributed by atoms with Crippen molar-refractivity contribution in [2.24, 2.45) is 14.1 Å². The predicted octanol–water partition coefficient (Wildman–Crippen LogP) is 1.79. The average Bonchev–Trinajstić information content (AvgIpc) is 3.25. The number of anilines is 1. The maximum atomic E-state index is 13.3. The number of nitrogens with one attached hydrogen (secondary N) is 1. The summed E-state index contributed by atoms with van der Waals surface area (Å²) >= 11 is 0. The minimum Gasteiger partial charge on any atom is -0.361 e. The van der Waals surface area contributed by atoms with Gasteiger partial charge >= 0.3 is 5.69 Å². The summed E-state index contributed by atoms with van der Waals surface area (Å²) in [6, 6.07) is 15.1. The van der Waals surface area contributed by atoms with Crippen LogP contribution in [0.5, 0.6) is 0 Å². The number of hydrogen-bond acceptors (Lipinski definition) is 5. The molecule has 5 rings (SSSR count). The molecule has 0 bridgehead atoms. The van der Waals surface area contributed by atoms with E-state index >= 15 is 0 Å². The van der Waals surface area contributed by atoms with Crippen molar-refractivity contribution in [2.45, 2.75) is 6.92 Å². The Balaban J connectivity index is 1.73. The molecule has 8 heteroatoms. The zero-order chi connectivity index (χ0) is 21.9. The van der Waals surface area contributed by atoms with Crippen molar-refractivity contribution in [1.82, 2.24) is 18.5 Å². The Labute approximate surface area is 175 Å². The molecule has 0 amide bonds. The number of fused-ring (bicyclic) bond motifs is 4. The van der Waals surface area contributed by atoms with E-state index in [9.17, 15) is 14.9 Å². The Kier molecular flexibility index (Phi) is 3.95. The molecule has 0 fully saturated rings. The second-order valence-corrected chi connectivity index (χ2v) is 7.48. The predicted molar refractivity (Wildman–Crippen MR) is 120 cm³/mol. The maximum Gasteiger partial charge on any atom is 0.328 e. The van der Waals surface area contributed by atoms with Gasteiger partial charge in [-0.1, -0.05) is 12.1 Å². The van der Waals surface area contributed by atoms with Gasteiger partial charge in [-0.25, -0.2) is 9.78 Å². The Morgan fingerprint density at radius 2 is 1.77 bits per heavy atom. The van der Waals surface area contributed by atoms with Gasteiger partial charge in [0.05, 0.1) is 32.8 Å². The van der Waals surface area contributed by atoms with Gasteiger partial charge < -0.3 is 5.32 Å². The van der Waals surface area contributed by atoms with E-state index in [-0.39, 0.29) is 11.2 Å². The average molecular weight is 410 g/mol. The molecule has 0 aliphatic rings. The number of para-hydroxylation sites is 2. The lowest BCUT2D eigenvalue weighted by molar-refractivity contribution is 0.795. The number of aromatic nitrogens is 4. The Morgan fingerprint density at radius 1 is 1.03 bits per heavy atom. The molecule has 0 atom stereocenters. The molecular formula is C23H18N6O2. The fraction of sp³-hybridized carbons (Fsp3) is 0.130. The molecule has 0 unspecified atom stereocenters. The normalized spacial score (nSPS) is 12.1. The van der Waals surface area contributed by atoms with E-state index in [0.717, 1.165) is 16.7 Å². The highest BCUT2D eigenvalue weighted by Crippen LogP contribution is 2.19. The standard InChI is InChI=1S/C23H18N6O2/c1-13-15(11-24)21-26-17-6-4-5-7-18(17)29(21)22(30)16(13)12-25-14-8-9-19-20(10-14)28(3)23(31)27(19)2/h4-10,12,25H,1-3H3/b16-12+. The monoisotopic (exact) mass is 410 g/mol. The van der Waals surface area contributed by atoms with Gasteiger partial charge in [-0.2, -0.15) is 5.26 Å². The summed E-state index contributed by atoms with van der Waals surface area (Å²) in [7, 11) is 3.44. The SMILES string of the molecule is Cc1c(C#N)c2nc3ccccc3n2c(=O)/c1=C/Nc1ccc2c(c1)n(C)c(=O)n2C. The minimum atomic E-state index is -0.249. The van der Waals surface area contributed by atoms with Crippen LogP contribution in [0.15, 0.2) is 52.1 Å². The summed E-state index contributed by atoms with van der Waals surface area (Å²) < 4.78 is 4.64. The molecule has 0 saturated carbocycles. The molecule has 0 radical (unpaired) electrons. The van der Waals surface area contributed by atoms with Gasteiger partial charge in [-0.3, -0.25) is 18.3 Å². The fourth-order valence-electron chi connectivity index (χ4n) is 4.04. The lowest BCUT2D eigenvalue weighted by Crippen LogP contribution is -2.34. The van der Waals surface area contributed by atoms with Gasteiger partial charge in [0.25, 0.3) is 5.56 Å². The Bertz CT molecular complexity index is 1750. The van der Waals surface area contributed by atoms with Gasteiger partial charge in [0, 0.05) is 26.0 Å². The molecule has 3 aromatic heterocycles. The van der Waals surface area contributed by atoms with Crippen LogP contribution >= 0.6 is 0 Å². The molecular weight excluding hydrogens is 392 g/mol. The van der Waals surface area contributed by atoms with Crippen LogP contribution in [0.2, 0.25) is 0 Å². The van der Waals surface area contributed by atoms with Crippen molar-refractivity contribution < 1.29 is 0 Å². The van der Waals surface area contributed by atoms with Crippen molar-refractivity contribution in [3.63, 3.8) is 0 Å². The smallest absolute Gasteiger partial charge is 0.328 e. The molecule has 0 saturated heterocycles. The first-order chi connectivity index (χ1) is 14.9. The van der Waals surface area contributed by atoms with Crippen LogP contribution < -0.4 is 21.8 Å². The van der Waals surface area contributed by atoms with Gasteiger partial charge in [0.2, 0.25) is 0 Å². The number of nitrogens with zero attached hydrogens (tertiary/aromatic N) is 5. The van der Waals surface area contributed by atoms with Crippen LogP contribution in [0.4, 0.5) is 5.69 Å². The molecule has 1 N–H and O–H groups in total. The lowest BCUT2D eigenvalue weighted by Gasteiger charge is -2.05. The van der Waals surface area contributed by atoms with E-state index in [0.29, 0.717) is 33.0 Å². The van der Waals surface area contributed by atoms with E-state index in [1.807, 2.05) is 42.5 Å². The topological polar surface area (TPSA) is 97.1 Å². The van der Waals surface area contributed by atoms with Crippen molar-refractivity contribution in [3.05, 3.63) is 79.6 Å². The lowest BCUT2D eigenvalue weighted by atomic mass is 10.1. The van der Waals surface area contributed by atoms with Crippen LogP contribution in [-0.4, -0.2) is 18.5 Å². The quantitative estimate of drug-likeness (QED) is 0.479. The number of imidazole rings is 2. The Morgan fingerprint density at radius 3 is 2.55 bits per heavy atom. The number of nitriles is 1. The molecule has 0 spiro atoms. The zero-order valence-electron chi connectivity index (χ0n) is 17.2.